The molecule has 108 valence electrons. The van der Waals surface area contributed by atoms with Gasteiger partial charge in [-0.05, 0) is 44.2 Å². The van der Waals surface area contributed by atoms with E-state index in [1.807, 2.05) is 26.0 Å². The minimum atomic E-state index is 0.0791. The molecule has 0 aliphatic heterocycles. The monoisotopic (exact) mass is 302 g/mol. The Morgan fingerprint density at radius 2 is 1.81 bits per heavy atom. The molecule has 0 saturated carbocycles. The molecule has 21 heavy (non-hydrogen) atoms. The highest BCUT2D eigenvalue weighted by Crippen LogP contribution is 2.12. The number of nitrogens with one attached hydrogen (secondary N) is 1. The van der Waals surface area contributed by atoms with Crippen LogP contribution in [0.15, 0.2) is 58.1 Å². The van der Waals surface area contributed by atoms with E-state index >= 15 is 0 Å². The number of hydrogen-bond acceptors (Lipinski definition) is 5. The molecule has 0 bridgehead atoms. The van der Waals surface area contributed by atoms with Crippen LogP contribution in [-0.2, 0) is 0 Å². The first-order chi connectivity index (χ1) is 10.1. The van der Waals surface area contributed by atoms with Gasteiger partial charge in [-0.2, -0.15) is 10.2 Å². The number of amidine groups is 1. The Kier molecular flexibility index (Phi) is 5.34. The average molecular weight is 303 g/mol. The smallest absolute Gasteiger partial charge is 0.243 e. The van der Waals surface area contributed by atoms with Gasteiger partial charge in [0.15, 0.2) is 0 Å². The summed E-state index contributed by atoms with van der Waals surface area (Å²) < 4.78 is 0. The van der Waals surface area contributed by atoms with Gasteiger partial charge in [0.2, 0.25) is 11.8 Å². The Bertz CT molecular complexity index is 622. The third kappa shape index (κ3) is 4.92. The van der Waals surface area contributed by atoms with E-state index in [1.54, 1.807) is 30.6 Å². The van der Waals surface area contributed by atoms with E-state index in [0.29, 0.717) is 16.8 Å². The SMILES string of the molecule is CC(C)N=N/C(=N\Nc1ncccn1)c1ccc(Cl)cc1. The summed E-state index contributed by atoms with van der Waals surface area (Å²) in [6.07, 6.45) is 3.25. The van der Waals surface area contributed by atoms with Gasteiger partial charge < -0.3 is 0 Å². The number of nitrogens with zero attached hydrogens (tertiary/aromatic N) is 5. The van der Waals surface area contributed by atoms with E-state index in [2.05, 4.69) is 30.7 Å². The van der Waals surface area contributed by atoms with E-state index in [4.69, 9.17) is 11.6 Å². The van der Waals surface area contributed by atoms with Gasteiger partial charge in [-0.3, -0.25) is 0 Å². The van der Waals surface area contributed by atoms with Crippen molar-refractivity contribution in [3.63, 3.8) is 0 Å². The molecule has 0 unspecified atom stereocenters. The van der Waals surface area contributed by atoms with E-state index in [1.165, 1.54) is 0 Å². The Morgan fingerprint density at radius 3 is 2.43 bits per heavy atom. The van der Waals surface area contributed by atoms with Crippen molar-refractivity contribution in [1.82, 2.24) is 9.97 Å². The standard InChI is InChI=1S/C14H15ClN6/c1-10(2)18-19-13(11-4-6-12(15)7-5-11)20-21-14-16-8-3-9-17-14/h3-10H,1-2H3,(H,16,17,21)/b19-18?,20-13-. The number of hydrazone groups is 1. The van der Waals surface area contributed by atoms with E-state index in [-0.39, 0.29) is 6.04 Å². The lowest BCUT2D eigenvalue weighted by Gasteiger charge is -2.03. The number of aromatic nitrogens is 2. The Hall–Kier alpha value is -2.34. The first-order valence-electron chi connectivity index (χ1n) is 6.42. The Labute approximate surface area is 128 Å². The molecule has 0 fully saturated rings. The van der Waals surface area contributed by atoms with Gasteiger partial charge in [0.25, 0.3) is 0 Å². The van der Waals surface area contributed by atoms with Crippen LogP contribution in [0, 0.1) is 0 Å². The zero-order chi connectivity index (χ0) is 15.1. The predicted molar refractivity (Wildman–Crippen MR) is 83.6 cm³/mol. The van der Waals surface area contributed by atoms with Crippen molar-refractivity contribution in [2.45, 2.75) is 19.9 Å². The topological polar surface area (TPSA) is 74.9 Å². The molecule has 1 heterocycles. The zero-order valence-corrected chi connectivity index (χ0v) is 12.5. The average Bonchev–Trinajstić information content (AvgIpc) is 2.49. The number of anilines is 1. The first kappa shape index (κ1) is 15.1. The lowest BCUT2D eigenvalue weighted by molar-refractivity contribution is 0.784. The number of halogens is 1. The van der Waals surface area contributed by atoms with Crippen LogP contribution < -0.4 is 5.43 Å². The van der Waals surface area contributed by atoms with Gasteiger partial charge >= 0.3 is 0 Å². The molecule has 0 aliphatic carbocycles. The summed E-state index contributed by atoms with van der Waals surface area (Å²) in [7, 11) is 0. The van der Waals surface area contributed by atoms with Gasteiger partial charge in [0, 0.05) is 23.0 Å². The summed E-state index contributed by atoms with van der Waals surface area (Å²) in [4.78, 5) is 8.06. The van der Waals surface area contributed by atoms with E-state index in [9.17, 15) is 0 Å². The highest BCUT2D eigenvalue weighted by Gasteiger charge is 2.04. The first-order valence-corrected chi connectivity index (χ1v) is 6.80. The van der Waals surface area contributed by atoms with Crippen molar-refractivity contribution in [3.8, 4) is 0 Å². The normalized spacial score (nSPS) is 12.1. The highest BCUT2D eigenvalue weighted by atomic mass is 35.5. The van der Waals surface area contributed by atoms with Crippen LogP contribution in [0.25, 0.3) is 0 Å². The van der Waals surface area contributed by atoms with Crippen molar-refractivity contribution in [2.24, 2.45) is 15.3 Å². The van der Waals surface area contributed by atoms with E-state index in [0.717, 1.165) is 5.56 Å². The Morgan fingerprint density at radius 1 is 1.14 bits per heavy atom. The summed E-state index contributed by atoms with van der Waals surface area (Å²) in [5.74, 6) is 0.830. The van der Waals surface area contributed by atoms with Crippen molar-refractivity contribution in [3.05, 3.63) is 53.3 Å². The highest BCUT2D eigenvalue weighted by molar-refractivity contribution is 6.30. The van der Waals surface area contributed by atoms with Crippen LogP contribution in [0.2, 0.25) is 5.02 Å². The molecule has 0 saturated heterocycles. The van der Waals surface area contributed by atoms with Crippen molar-refractivity contribution in [2.75, 3.05) is 5.43 Å². The third-order valence-electron chi connectivity index (χ3n) is 2.31. The maximum Gasteiger partial charge on any atom is 0.243 e. The van der Waals surface area contributed by atoms with Gasteiger partial charge in [0.05, 0.1) is 6.04 Å². The molecule has 2 aromatic rings. The molecule has 0 amide bonds. The molecule has 0 atom stereocenters. The van der Waals surface area contributed by atoms with Gasteiger partial charge in [-0.15, -0.1) is 5.11 Å². The van der Waals surface area contributed by atoms with Crippen LogP contribution in [0.1, 0.15) is 19.4 Å². The number of hydrogen-bond donors (Lipinski definition) is 1. The number of rotatable bonds is 4. The van der Waals surface area contributed by atoms with Gasteiger partial charge in [-0.1, -0.05) is 11.6 Å². The molecule has 0 spiro atoms. The summed E-state index contributed by atoms with van der Waals surface area (Å²) in [6, 6.07) is 9.01. The summed E-state index contributed by atoms with van der Waals surface area (Å²) in [5, 5.41) is 13.1. The second kappa shape index (κ2) is 7.44. The zero-order valence-electron chi connectivity index (χ0n) is 11.7. The third-order valence-corrected chi connectivity index (χ3v) is 2.57. The fourth-order valence-corrected chi connectivity index (χ4v) is 1.50. The molecular weight excluding hydrogens is 288 g/mol. The second-order valence-corrected chi connectivity index (χ2v) is 4.87. The van der Waals surface area contributed by atoms with Crippen molar-refractivity contribution < 1.29 is 0 Å². The predicted octanol–water partition coefficient (Wildman–Crippen LogP) is 3.76. The molecule has 1 aromatic heterocycles. The second-order valence-electron chi connectivity index (χ2n) is 4.44. The lowest BCUT2D eigenvalue weighted by Crippen LogP contribution is -2.04. The fraction of sp³-hybridized carbons (Fsp3) is 0.214. The van der Waals surface area contributed by atoms with Crippen LogP contribution in [0.4, 0.5) is 5.95 Å². The fourth-order valence-electron chi connectivity index (χ4n) is 1.37. The lowest BCUT2D eigenvalue weighted by atomic mass is 10.2. The minimum absolute atomic E-state index is 0.0791. The largest absolute Gasteiger partial charge is 0.243 e. The van der Waals surface area contributed by atoms with Crippen LogP contribution >= 0.6 is 11.6 Å². The molecule has 1 aromatic carbocycles. The number of benzene rings is 1. The number of azo groups is 1. The van der Waals surface area contributed by atoms with E-state index < -0.39 is 0 Å². The quantitative estimate of drug-likeness (QED) is 0.404. The molecule has 0 aliphatic rings. The maximum atomic E-state index is 5.89. The van der Waals surface area contributed by atoms with Crippen LogP contribution in [0.5, 0.6) is 0 Å². The summed E-state index contributed by atoms with van der Waals surface area (Å²) in [6.45, 7) is 3.88. The molecular formula is C14H15ClN6. The minimum Gasteiger partial charge on any atom is -0.243 e. The van der Waals surface area contributed by atoms with Crippen LogP contribution in [0.3, 0.4) is 0 Å². The Balaban J connectivity index is 2.25. The molecule has 6 nitrogen and oxygen atoms in total. The van der Waals surface area contributed by atoms with Crippen LogP contribution in [-0.4, -0.2) is 21.8 Å². The molecule has 0 radical (unpaired) electrons. The van der Waals surface area contributed by atoms with Gasteiger partial charge in [0.1, 0.15) is 0 Å². The van der Waals surface area contributed by atoms with Crippen molar-refractivity contribution >= 4 is 23.4 Å². The molecule has 1 N–H and O–H groups in total. The summed E-state index contributed by atoms with van der Waals surface area (Å²) >= 11 is 5.89. The summed E-state index contributed by atoms with van der Waals surface area (Å²) in [5.41, 5.74) is 3.56. The molecule has 7 heteroatoms. The maximum absolute atomic E-state index is 5.89. The van der Waals surface area contributed by atoms with Gasteiger partial charge in [-0.25, -0.2) is 15.4 Å². The van der Waals surface area contributed by atoms with Crippen molar-refractivity contribution in [1.29, 1.82) is 0 Å². The molecule has 2 rings (SSSR count).